The molecule has 0 radical (unpaired) electrons. The van der Waals surface area contributed by atoms with Gasteiger partial charge in [-0.15, -0.1) is 0 Å². The summed E-state index contributed by atoms with van der Waals surface area (Å²) >= 11 is 0. The topological polar surface area (TPSA) is 47.9 Å². The molecule has 0 aliphatic carbocycles. The smallest absolute Gasteiger partial charge is 0.190 e. The molecule has 1 heterocycles. The minimum absolute atomic E-state index is 0.00752. The highest BCUT2D eigenvalue weighted by Crippen LogP contribution is 2.39. The van der Waals surface area contributed by atoms with Crippen LogP contribution in [0, 0.1) is 11.6 Å². The summed E-state index contributed by atoms with van der Waals surface area (Å²) in [7, 11) is -2.38. The van der Waals surface area contributed by atoms with Gasteiger partial charge >= 0.3 is 0 Å². The summed E-state index contributed by atoms with van der Waals surface area (Å²) in [4.78, 5) is 0. The lowest BCUT2D eigenvalue weighted by Gasteiger charge is -2.41. The number of hydrogen-bond acceptors (Lipinski definition) is 4. The Labute approximate surface area is 162 Å². The van der Waals surface area contributed by atoms with E-state index >= 15 is 0 Å². The third kappa shape index (κ3) is 6.06. The maximum absolute atomic E-state index is 14.6. The average Bonchev–Trinajstić information content (AvgIpc) is 2.53. The Kier molecular flexibility index (Phi) is 7.55. The van der Waals surface area contributed by atoms with E-state index in [0.717, 1.165) is 31.4 Å². The first kappa shape index (κ1) is 22.4. The van der Waals surface area contributed by atoms with E-state index in [2.05, 4.69) is 0 Å². The minimum atomic E-state index is -2.38. The fourth-order valence-electron chi connectivity index (χ4n) is 3.79. The van der Waals surface area contributed by atoms with Gasteiger partial charge in [0.25, 0.3) is 0 Å². The largest absolute Gasteiger partial charge is 0.415 e. The van der Waals surface area contributed by atoms with Crippen molar-refractivity contribution in [2.45, 2.75) is 83.3 Å². The van der Waals surface area contributed by atoms with Crippen molar-refractivity contribution in [1.29, 1.82) is 0 Å². The van der Waals surface area contributed by atoms with Crippen LogP contribution >= 0.6 is 0 Å². The lowest BCUT2D eigenvalue weighted by Crippen LogP contribution is -2.50. The van der Waals surface area contributed by atoms with Gasteiger partial charge in [0.2, 0.25) is 0 Å². The molecule has 27 heavy (non-hydrogen) atoms. The normalized spacial score (nSPS) is 21.9. The van der Waals surface area contributed by atoms with Gasteiger partial charge in [0.1, 0.15) is 17.2 Å². The first-order chi connectivity index (χ1) is 12.5. The van der Waals surface area contributed by atoms with E-state index in [0.29, 0.717) is 6.61 Å². The molecule has 3 atom stereocenters. The minimum Gasteiger partial charge on any atom is -0.415 e. The van der Waals surface area contributed by atoms with Crippen molar-refractivity contribution in [3.8, 4) is 0 Å². The molecule has 1 aromatic carbocycles. The van der Waals surface area contributed by atoms with E-state index in [9.17, 15) is 13.9 Å². The van der Waals surface area contributed by atoms with Crippen molar-refractivity contribution >= 4 is 8.32 Å². The monoisotopic (exact) mass is 402 g/mol. The number of ether oxygens (including phenoxy) is 2. The highest BCUT2D eigenvalue weighted by Gasteiger charge is 2.46. The zero-order valence-corrected chi connectivity index (χ0v) is 17.9. The molecule has 1 fully saturated rings. The van der Waals surface area contributed by atoms with E-state index in [4.69, 9.17) is 13.9 Å². The van der Waals surface area contributed by atoms with Crippen LogP contribution in [0.2, 0.25) is 19.1 Å². The average molecular weight is 403 g/mol. The van der Waals surface area contributed by atoms with Crippen LogP contribution in [0.4, 0.5) is 8.78 Å². The third-order valence-electron chi connectivity index (χ3n) is 4.81. The Bertz CT molecular complexity index is 620. The lowest BCUT2D eigenvalue weighted by molar-refractivity contribution is -0.223. The van der Waals surface area contributed by atoms with Crippen LogP contribution in [-0.2, 0) is 19.5 Å². The summed E-state index contributed by atoms with van der Waals surface area (Å²) in [5.74, 6) is -1.47. The van der Waals surface area contributed by atoms with E-state index in [1.165, 1.54) is 6.07 Å². The van der Waals surface area contributed by atoms with Crippen molar-refractivity contribution < 1.29 is 27.8 Å². The zero-order chi connectivity index (χ0) is 20.2. The highest BCUT2D eigenvalue weighted by molar-refractivity contribution is 6.71. The van der Waals surface area contributed by atoms with Crippen molar-refractivity contribution in [1.82, 2.24) is 0 Å². The fraction of sp³-hybridized carbons (Fsp3) is 0.700. The van der Waals surface area contributed by atoms with Gasteiger partial charge < -0.3 is 19.0 Å². The maximum Gasteiger partial charge on any atom is 0.190 e. The van der Waals surface area contributed by atoms with Crippen LogP contribution < -0.4 is 0 Å². The first-order valence-corrected chi connectivity index (χ1v) is 12.8. The summed E-state index contributed by atoms with van der Waals surface area (Å²) in [6.07, 6.45) is 1.51. The summed E-state index contributed by atoms with van der Waals surface area (Å²) in [6, 6.07) is 3.47. The molecular formula is C20H32F2O4Si. The van der Waals surface area contributed by atoms with Crippen LogP contribution in [0.15, 0.2) is 18.2 Å². The molecule has 1 aliphatic heterocycles. The van der Waals surface area contributed by atoms with Crippen LogP contribution in [0.1, 0.15) is 45.6 Å². The summed E-state index contributed by atoms with van der Waals surface area (Å²) in [5.41, 5.74) is -1.62. The van der Waals surface area contributed by atoms with Crippen LogP contribution in [-0.4, -0.2) is 38.5 Å². The SMILES string of the molecule is CC(C)O[Si](C)(C)C[C@](O)(c1ccc(F)cc1F)[C@@H](C)OC1CCCCO1. The Balaban J connectivity index is 2.34. The van der Waals surface area contributed by atoms with E-state index in [1.54, 1.807) is 6.92 Å². The summed E-state index contributed by atoms with van der Waals surface area (Å²) in [5, 5.41) is 11.6. The van der Waals surface area contributed by atoms with Crippen molar-refractivity contribution in [3.63, 3.8) is 0 Å². The van der Waals surface area contributed by atoms with E-state index in [1.807, 2.05) is 26.9 Å². The number of halogens is 2. The van der Waals surface area contributed by atoms with E-state index in [-0.39, 0.29) is 17.7 Å². The molecule has 154 valence electrons. The van der Waals surface area contributed by atoms with Gasteiger partial charge in [-0.25, -0.2) is 8.78 Å². The molecule has 4 nitrogen and oxygen atoms in total. The number of rotatable bonds is 8. The number of hydrogen-bond donors (Lipinski definition) is 1. The lowest BCUT2D eigenvalue weighted by atomic mass is 9.90. The molecule has 1 aliphatic rings. The first-order valence-electron chi connectivity index (χ1n) is 9.66. The maximum atomic E-state index is 14.6. The molecule has 1 aromatic rings. The Morgan fingerprint density at radius 1 is 1.26 bits per heavy atom. The molecule has 1 unspecified atom stereocenters. The van der Waals surface area contributed by atoms with E-state index < -0.39 is 37.9 Å². The molecule has 0 saturated carbocycles. The third-order valence-corrected chi connectivity index (χ3v) is 7.31. The predicted octanol–water partition coefficient (Wildman–Crippen LogP) is 4.71. The molecule has 1 saturated heterocycles. The predicted molar refractivity (Wildman–Crippen MR) is 103 cm³/mol. The Morgan fingerprint density at radius 3 is 2.52 bits per heavy atom. The van der Waals surface area contributed by atoms with Gasteiger partial charge in [0.05, 0.1) is 6.10 Å². The molecular weight excluding hydrogens is 370 g/mol. The zero-order valence-electron chi connectivity index (χ0n) is 16.9. The quantitative estimate of drug-likeness (QED) is 0.640. The van der Waals surface area contributed by atoms with Crippen LogP contribution in [0.5, 0.6) is 0 Å². The van der Waals surface area contributed by atoms with Crippen molar-refractivity contribution in [3.05, 3.63) is 35.4 Å². The van der Waals surface area contributed by atoms with Gasteiger partial charge in [-0.2, -0.15) is 0 Å². The molecule has 0 aromatic heterocycles. The number of benzene rings is 1. The van der Waals surface area contributed by atoms with Gasteiger partial charge in [-0.1, -0.05) is 6.07 Å². The molecule has 0 bridgehead atoms. The van der Waals surface area contributed by atoms with Gasteiger partial charge in [-0.05, 0) is 59.2 Å². The Morgan fingerprint density at radius 2 is 1.96 bits per heavy atom. The Hall–Kier alpha value is -0.863. The second-order valence-electron chi connectivity index (χ2n) is 8.23. The van der Waals surface area contributed by atoms with Crippen molar-refractivity contribution in [2.75, 3.05) is 6.61 Å². The summed E-state index contributed by atoms with van der Waals surface area (Å²) in [6.45, 7) is 10.1. The highest BCUT2D eigenvalue weighted by atomic mass is 28.4. The van der Waals surface area contributed by atoms with Gasteiger partial charge in [0, 0.05) is 30.4 Å². The molecule has 1 N–H and O–H groups in total. The molecule has 0 spiro atoms. The standard InChI is InChI=1S/C20H32F2O4Si/c1-14(2)26-27(4,5)13-20(23,17-10-9-16(21)12-18(17)22)15(3)25-19-8-6-7-11-24-19/h9-10,12,14-15,19,23H,6-8,11,13H2,1-5H3/t15-,19?,20-/m1/s1. The van der Waals surface area contributed by atoms with Gasteiger partial charge in [-0.3, -0.25) is 0 Å². The van der Waals surface area contributed by atoms with Crippen LogP contribution in [0.3, 0.4) is 0 Å². The second kappa shape index (κ2) is 9.09. The number of aliphatic hydroxyl groups is 1. The van der Waals surface area contributed by atoms with Crippen molar-refractivity contribution in [2.24, 2.45) is 0 Å². The van der Waals surface area contributed by atoms with Gasteiger partial charge in [0.15, 0.2) is 14.6 Å². The second-order valence-corrected chi connectivity index (χ2v) is 12.3. The summed E-state index contributed by atoms with van der Waals surface area (Å²) < 4.78 is 45.7. The fourth-order valence-corrected chi connectivity index (χ4v) is 6.92. The molecule has 7 heteroatoms. The van der Waals surface area contributed by atoms with Crippen LogP contribution in [0.25, 0.3) is 0 Å². The molecule has 2 rings (SSSR count). The molecule has 0 amide bonds.